The zero-order valence-corrected chi connectivity index (χ0v) is 15.0. The lowest BCUT2D eigenvalue weighted by atomic mass is 10.1. The number of ketones is 1. The standard InChI is InChI=1S/C15H10Br3NO/c16-11-3-1-10(2-4-11)15(20)7-8-19-14-6-5-12(17)9-13(14)18/h1-9,19H/b8-7+. The van der Waals surface area contributed by atoms with Crippen LogP contribution in [0.3, 0.4) is 0 Å². The summed E-state index contributed by atoms with van der Waals surface area (Å²) in [5.41, 5.74) is 1.55. The molecule has 0 heterocycles. The van der Waals surface area contributed by atoms with Crippen LogP contribution in [0, 0.1) is 0 Å². The molecule has 0 saturated heterocycles. The summed E-state index contributed by atoms with van der Waals surface area (Å²) in [5.74, 6) is -0.0433. The first-order valence-electron chi connectivity index (χ1n) is 5.74. The molecule has 5 heteroatoms. The summed E-state index contributed by atoms with van der Waals surface area (Å²) in [7, 11) is 0. The number of nitrogens with one attached hydrogen (secondary N) is 1. The molecule has 0 amide bonds. The van der Waals surface area contributed by atoms with Crippen LogP contribution >= 0.6 is 47.8 Å². The number of benzene rings is 2. The van der Waals surface area contributed by atoms with Crippen LogP contribution < -0.4 is 5.32 Å². The highest BCUT2D eigenvalue weighted by atomic mass is 79.9. The molecule has 0 bridgehead atoms. The minimum absolute atomic E-state index is 0.0433. The number of anilines is 1. The van der Waals surface area contributed by atoms with Crippen LogP contribution in [0.2, 0.25) is 0 Å². The summed E-state index contributed by atoms with van der Waals surface area (Å²) in [5, 5.41) is 3.07. The Bertz CT molecular complexity index is 651. The van der Waals surface area contributed by atoms with E-state index < -0.39 is 0 Å². The third kappa shape index (κ3) is 4.30. The Balaban J connectivity index is 2.02. The zero-order chi connectivity index (χ0) is 14.5. The smallest absolute Gasteiger partial charge is 0.187 e. The molecular weight excluding hydrogens is 450 g/mol. The van der Waals surface area contributed by atoms with Crippen LogP contribution in [0.15, 0.2) is 68.2 Å². The van der Waals surface area contributed by atoms with Gasteiger partial charge in [0.1, 0.15) is 0 Å². The second-order valence-corrected chi connectivity index (χ2v) is 6.66. The maximum Gasteiger partial charge on any atom is 0.187 e. The first-order chi connectivity index (χ1) is 9.56. The molecule has 2 aromatic carbocycles. The van der Waals surface area contributed by atoms with Crippen molar-refractivity contribution in [1.29, 1.82) is 0 Å². The van der Waals surface area contributed by atoms with E-state index in [0.717, 1.165) is 19.1 Å². The highest BCUT2D eigenvalue weighted by molar-refractivity contribution is 9.11. The normalized spacial score (nSPS) is 10.8. The molecule has 0 fully saturated rings. The van der Waals surface area contributed by atoms with E-state index in [1.807, 2.05) is 30.3 Å². The molecule has 1 N–H and O–H groups in total. The second kappa shape index (κ2) is 7.20. The first-order valence-corrected chi connectivity index (χ1v) is 8.12. The average molecular weight is 460 g/mol. The molecule has 2 aromatic rings. The summed E-state index contributed by atoms with van der Waals surface area (Å²) in [6.07, 6.45) is 3.15. The lowest BCUT2D eigenvalue weighted by molar-refractivity contribution is 0.104. The molecule has 0 aliphatic heterocycles. The number of hydrogen-bond acceptors (Lipinski definition) is 2. The molecule has 0 radical (unpaired) electrons. The van der Waals surface area contributed by atoms with Crippen molar-refractivity contribution >= 4 is 59.3 Å². The van der Waals surface area contributed by atoms with Gasteiger partial charge in [-0.2, -0.15) is 0 Å². The van der Waals surface area contributed by atoms with E-state index >= 15 is 0 Å². The van der Waals surface area contributed by atoms with Crippen LogP contribution in [0.25, 0.3) is 0 Å². The Morgan fingerprint density at radius 1 is 0.950 bits per heavy atom. The van der Waals surface area contributed by atoms with Gasteiger partial charge in [0.25, 0.3) is 0 Å². The SMILES string of the molecule is O=C(/C=C/Nc1ccc(Br)cc1Br)c1ccc(Br)cc1. The Morgan fingerprint density at radius 2 is 1.60 bits per heavy atom. The molecular formula is C15H10Br3NO. The third-order valence-corrected chi connectivity index (χ3v) is 4.21. The molecule has 0 aliphatic carbocycles. The van der Waals surface area contributed by atoms with E-state index in [1.165, 1.54) is 6.08 Å². The van der Waals surface area contributed by atoms with Crippen LogP contribution in [0.1, 0.15) is 10.4 Å². The van der Waals surface area contributed by atoms with Crippen molar-refractivity contribution in [2.75, 3.05) is 5.32 Å². The van der Waals surface area contributed by atoms with E-state index in [1.54, 1.807) is 18.3 Å². The number of carbonyl (C=O) groups is 1. The van der Waals surface area contributed by atoms with Crippen LogP contribution in [0.5, 0.6) is 0 Å². The van der Waals surface area contributed by atoms with Gasteiger partial charge in [0.15, 0.2) is 5.78 Å². The number of carbonyl (C=O) groups excluding carboxylic acids is 1. The number of allylic oxidation sites excluding steroid dienone is 1. The molecule has 0 saturated carbocycles. The fourth-order valence-corrected chi connectivity index (χ4v) is 2.95. The molecule has 102 valence electrons. The van der Waals surface area contributed by atoms with E-state index in [0.29, 0.717) is 5.56 Å². The summed E-state index contributed by atoms with van der Waals surface area (Å²) >= 11 is 10.2. The van der Waals surface area contributed by atoms with Crippen molar-refractivity contribution in [2.24, 2.45) is 0 Å². The average Bonchev–Trinajstić information content (AvgIpc) is 2.42. The minimum Gasteiger partial charge on any atom is -0.361 e. The second-order valence-electron chi connectivity index (χ2n) is 3.97. The fraction of sp³-hybridized carbons (Fsp3) is 0. The largest absolute Gasteiger partial charge is 0.361 e. The van der Waals surface area contributed by atoms with Gasteiger partial charge >= 0.3 is 0 Å². The van der Waals surface area contributed by atoms with Gasteiger partial charge in [-0.05, 0) is 58.4 Å². The zero-order valence-electron chi connectivity index (χ0n) is 10.2. The van der Waals surface area contributed by atoms with Gasteiger partial charge in [-0.3, -0.25) is 4.79 Å². The van der Waals surface area contributed by atoms with E-state index in [4.69, 9.17) is 0 Å². The summed E-state index contributed by atoms with van der Waals surface area (Å²) in [4.78, 5) is 11.9. The van der Waals surface area contributed by atoms with Gasteiger partial charge in [-0.15, -0.1) is 0 Å². The number of hydrogen-bond donors (Lipinski definition) is 1. The van der Waals surface area contributed by atoms with Gasteiger partial charge in [0, 0.05) is 31.3 Å². The lowest BCUT2D eigenvalue weighted by Crippen LogP contribution is -1.96. The molecule has 0 atom stereocenters. The third-order valence-electron chi connectivity index (χ3n) is 2.53. The quantitative estimate of drug-likeness (QED) is 0.463. The predicted octanol–water partition coefficient (Wildman–Crippen LogP) is 5.78. The predicted molar refractivity (Wildman–Crippen MR) is 93.1 cm³/mol. The van der Waals surface area contributed by atoms with Crippen LogP contribution in [-0.2, 0) is 0 Å². The van der Waals surface area contributed by atoms with Crippen molar-refractivity contribution in [3.8, 4) is 0 Å². The molecule has 0 aliphatic rings. The van der Waals surface area contributed by atoms with Gasteiger partial charge < -0.3 is 5.32 Å². The molecule has 2 nitrogen and oxygen atoms in total. The van der Waals surface area contributed by atoms with Crippen molar-refractivity contribution in [2.45, 2.75) is 0 Å². The maximum atomic E-state index is 11.9. The Labute approximate surface area is 142 Å². The summed E-state index contributed by atoms with van der Waals surface area (Å²) in [6.45, 7) is 0. The minimum atomic E-state index is -0.0433. The van der Waals surface area contributed by atoms with Crippen molar-refractivity contribution in [1.82, 2.24) is 0 Å². The highest BCUT2D eigenvalue weighted by Gasteiger charge is 2.01. The Hall–Kier alpha value is -0.910. The van der Waals surface area contributed by atoms with Crippen molar-refractivity contribution in [3.05, 3.63) is 73.7 Å². The van der Waals surface area contributed by atoms with Crippen molar-refractivity contribution < 1.29 is 4.79 Å². The first kappa shape index (κ1) is 15.5. The Morgan fingerprint density at radius 3 is 2.25 bits per heavy atom. The Kier molecular flexibility index (Phi) is 5.57. The fourth-order valence-electron chi connectivity index (χ4n) is 1.52. The van der Waals surface area contributed by atoms with Crippen LogP contribution in [-0.4, -0.2) is 5.78 Å². The molecule has 0 aromatic heterocycles. The molecule has 2 rings (SSSR count). The van der Waals surface area contributed by atoms with Crippen LogP contribution in [0.4, 0.5) is 5.69 Å². The molecule has 0 unspecified atom stereocenters. The van der Waals surface area contributed by atoms with Gasteiger partial charge in [0.2, 0.25) is 0 Å². The topological polar surface area (TPSA) is 29.1 Å². The molecule has 20 heavy (non-hydrogen) atoms. The van der Waals surface area contributed by atoms with E-state index in [2.05, 4.69) is 53.1 Å². The van der Waals surface area contributed by atoms with Gasteiger partial charge in [-0.25, -0.2) is 0 Å². The summed E-state index contributed by atoms with van der Waals surface area (Å²) < 4.78 is 2.87. The van der Waals surface area contributed by atoms with E-state index in [-0.39, 0.29) is 5.78 Å². The maximum absolute atomic E-state index is 11.9. The molecule has 0 spiro atoms. The van der Waals surface area contributed by atoms with E-state index in [9.17, 15) is 4.79 Å². The van der Waals surface area contributed by atoms with Gasteiger partial charge in [0.05, 0.1) is 5.69 Å². The number of halogens is 3. The number of rotatable bonds is 4. The highest BCUT2D eigenvalue weighted by Crippen LogP contribution is 2.26. The monoisotopic (exact) mass is 457 g/mol. The van der Waals surface area contributed by atoms with Crippen molar-refractivity contribution in [3.63, 3.8) is 0 Å². The lowest BCUT2D eigenvalue weighted by Gasteiger charge is -2.04. The van der Waals surface area contributed by atoms with Gasteiger partial charge in [-0.1, -0.05) is 31.9 Å². The summed E-state index contributed by atoms with van der Waals surface area (Å²) in [6, 6.07) is 13.0.